The lowest BCUT2D eigenvalue weighted by atomic mass is 10.1. The van der Waals surface area contributed by atoms with Crippen LogP contribution in [0.2, 0.25) is 0 Å². The van der Waals surface area contributed by atoms with Crippen LogP contribution in [0.25, 0.3) is 0 Å². The number of nitrogens with one attached hydrogen (secondary N) is 1. The van der Waals surface area contributed by atoms with Crippen LogP contribution >= 0.6 is 11.8 Å². The fourth-order valence-corrected chi connectivity index (χ4v) is 3.00. The van der Waals surface area contributed by atoms with E-state index in [1.165, 1.54) is 5.56 Å². The second kappa shape index (κ2) is 8.70. The van der Waals surface area contributed by atoms with Crippen molar-refractivity contribution in [3.8, 4) is 5.75 Å². The van der Waals surface area contributed by atoms with Crippen LogP contribution in [0.5, 0.6) is 5.75 Å². The van der Waals surface area contributed by atoms with E-state index < -0.39 is 0 Å². The second-order valence-electron chi connectivity index (χ2n) is 6.63. The lowest BCUT2D eigenvalue weighted by Gasteiger charge is -2.26. The van der Waals surface area contributed by atoms with Crippen LogP contribution in [0.4, 0.5) is 0 Å². The maximum Gasteiger partial charge on any atom is 0.124 e. The number of benzene rings is 1. The molecule has 0 amide bonds. The summed E-state index contributed by atoms with van der Waals surface area (Å²) >= 11 is 2.00. The van der Waals surface area contributed by atoms with Crippen LogP contribution < -0.4 is 10.1 Å². The van der Waals surface area contributed by atoms with Gasteiger partial charge in [0.25, 0.3) is 0 Å². The van der Waals surface area contributed by atoms with Gasteiger partial charge in [0.05, 0.1) is 6.10 Å². The van der Waals surface area contributed by atoms with E-state index in [1.807, 2.05) is 11.8 Å². The molecule has 120 valence electrons. The molecule has 3 heteroatoms. The monoisotopic (exact) mass is 309 g/mol. The molecule has 1 unspecified atom stereocenters. The molecule has 0 radical (unpaired) electrons. The van der Waals surface area contributed by atoms with Crippen molar-refractivity contribution >= 4 is 11.8 Å². The summed E-state index contributed by atoms with van der Waals surface area (Å²) in [7, 11) is 0. The van der Waals surface area contributed by atoms with E-state index in [0.29, 0.717) is 6.04 Å². The number of ether oxygens (including phenoxy) is 1. The van der Waals surface area contributed by atoms with Gasteiger partial charge in [-0.1, -0.05) is 45.9 Å². The van der Waals surface area contributed by atoms with E-state index in [4.69, 9.17) is 4.74 Å². The van der Waals surface area contributed by atoms with Crippen molar-refractivity contribution in [2.75, 3.05) is 12.3 Å². The van der Waals surface area contributed by atoms with Gasteiger partial charge in [-0.3, -0.25) is 0 Å². The molecule has 0 heterocycles. The molecule has 0 fully saturated rings. The van der Waals surface area contributed by atoms with Gasteiger partial charge in [-0.05, 0) is 32.9 Å². The van der Waals surface area contributed by atoms with Crippen LogP contribution in [0.15, 0.2) is 24.3 Å². The zero-order chi connectivity index (χ0) is 15.9. The summed E-state index contributed by atoms with van der Waals surface area (Å²) in [5, 5.41) is 3.67. The Labute approximate surface area is 135 Å². The van der Waals surface area contributed by atoms with Crippen LogP contribution in [0.1, 0.15) is 59.6 Å². The standard InChI is InChI=1S/C18H31NOS/c1-7-12-19-16(13-21-18(4,5)6)15-10-8-9-11-17(15)20-14(2)3/h8-11,14,16,19H,7,12-13H2,1-6H3. The summed E-state index contributed by atoms with van der Waals surface area (Å²) < 4.78 is 6.27. The normalized spacial score (nSPS) is 13.5. The first-order valence-corrected chi connectivity index (χ1v) is 8.95. The Morgan fingerprint density at radius 3 is 2.43 bits per heavy atom. The first-order valence-electron chi connectivity index (χ1n) is 7.96. The molecule has 0 saturated carbocycles. The number of para-hydroxylation sites is 1. The molecule has 0 aliphatic heterocycles. The first kappa shape index (κ1) is 18.4. The molecule has 0 aliphatic rings. The van der Waals surface area contributed by atoms with E-state index in [-0.39, 0.29) is 10.9 Å². The molecule has 0 aliphatic carbocycles. The third-order valence-electron chi connectivity index (χ3n) is 2.98. The van der Waals surface area contributed by atoms with Crippen LogP contribution in [-0.4, -0.2) is 23.1 Å². The van der Waals surface area contributed by atoms with Crippen molar-refractivity contribution in [2.24, 2.45) is 0 Å². The van der Waals surface area contributed by atoms with Crippen molar-refractivity contribution in [1.82, 2.24) is 5.32 Å². The predicted octanol–water partition coefficient (Wildman–Crippen LogP) is 5.05. The fourth-order valence-electron chi connectivity index (χ4n) is 2.04. The third kappa shape index (κ3) is 7.23. The SMILES string of the molecule is CCCNC(CSC(C)(C)C)c1ccccc1OC(C)C. The Hall–Kier alpha value is -0.670. The Bertz CT molecular complexity index is 412. The summed E-state index contributed by atoms with van der Waals surface area (Å²) in [6, 6.07) is 8.76. The highest BCUT2D eigenvalue weighted by atomic mass is 32.2. The minimum atomic E-state index is 0.202. The zero-order valence-corrected chi connectivity index (χ0v) is 15.2. The summed E-state index contributed by atoms with van der Waals surface area (Å²) in [4.78, 5) is 0. The van der Waals surface area contributed by atoms with Crippen molar-refractivity contribution in [1.29, 1.82) is 0 Å². The number of rotatable bonds is 8. The molecule has 0 saturated heterocycles. The quantitative estimate of drug-likeness (QED) is 0.726. The molecule has 1 aromatic rings. The van der Waals surface area contributed by atoms with Gasteiger partial charge < -0.3 is 10.1 Å². The van der Waals surface area contributed by atoms with Gasteiger partial charge >= 0.3 is 0 Å². The Morgan fingerprint density at radius 2 is 1.86 bits per heavy atom. The topological polar surface area (TPSA) is 21.3 Å². The molecule has 0 aromatic heterocycles. The van der Waals surface area contributed by atoms with Crippen molar-refractivity contribution in [3.05, 3.63) is 29.8 Å². The minimum absolute atomic E-state index is 0.202. The molecule has 1 N–H and O–H groups in total. The molecule has 21 heavy (non-hydrogen) atoms. The van der Waals surface area contributed by atoms with Gasteiger partial charge in [0.2, 0.25) is 0 Å². The predicted molar refractivity (Wildman–Crippen MR) is 95.5 cm³/mol. The van der Waals surface area contributed by atoms with Gasteiger partial charge in [0.1, 0.15) is 5.75 Å². The Balaban J connectivity index is 2.90. The summed E-state index contributed by atoms with van der Waals surface area (Å²) in [5.41, 5.74) is 1.27. The van der Waals surface area contributed by atoms with Gasteiger partial charge in [0, 0.05) is 22.1 Å². The zero-order valence-electron chi connectivity index (χ0n) is 14.4. The minimum Gasteiger partial charge on any atom is -0.491 e. The Kier molecular flexibility index (Phi) is 7.61. The summed E-state index contributed by atoms with van der Waals surface area (Å²) in [5.74, 6) is 2.07. The van der Waals surface area contributed by atoms with E-state index in [0.717, 1.165) is 24.5 Å². The Morgan fingerprint density at radius 1 is 1.19 bits per heavy atom. The molecule has 0 bridgehead atoms. The van der Waals surface area contributed by atoms with Crippen LogP contribution in [0.3, 0.4) is 0 Å². The second-order valence-corrected chi connectivity index (χ2v) is 8.48. The summed E-state index contributed by atoms with van der Waals surface area (Å²) in [6.07, 6.45) is 1.34. The lowest BCUT2D eigenvalue weighted by molar-refractivity contribution is 0.238. The van der Waals surface area contributed by atoms with Gasteiger partial charge in [0.15, 0.2) is 0 Å². The maximum absolute atomic E-state index is 5.99. The van der Waals surface area contributed by atoms with E-state index in [2.05, 4.69) is 71.1 Å². The van der Waals surface area contributed by atoms with E-state index in [9.17, 15) is 0 Å². The molecule has 1 aromatic carbocycles. The van der Waals surface area contributed by atoms with E-state index >= 15 is 0 Å². The molecular weight excluding hydrogens is 278 g/mol. The lowest BCUT2D eigenvalue weighted by Crippen LogP contribution is -2.26. The van der Waals surface area contributed by atoms with E-state index in [1.54, 1.807) is 0 Å². The average molecular weight is 310 g/mol. The maximum atomic E-state index is 5.99. The van der Waals surface area contributed by atoms with Crippen LogP contribution in [-0.2, 0) is 0 Å². The largest absolute Gasteiger partial charge is 0.491 e. The van der Waals surface area contributed by atoms with Gasteiger partial charge in [-0.25, -0.2) is 0 Å². The van der Waals surface area contributed by atoms with Crippen LogP contribution in [0, 0.1) is 0 Å². The molecule has 2 nitrogen and oxygen atoms in total. The smallest absolute Gasteiger partial charge is 0.124 e. The molecule has 1 rings (SSSR count). The van der Waals surface area contributed by atoms with Gasteiger partial charge in [-0.15, -0.1) is 0 Å². The highest BCUT2D eigenvalue weighted by molar-refractivity contribution is 8.00. The number of hydrogen-bond acceptors (Lipinski definition) is 3. The summed E-state index contributed by atoms with van der Waals surface area (Å²) in [6.45, 7) is 14.2. The molecule has 1 atom stereocenters. The van der Waals surface area contributed by atoms with Crippen molar-refractivity contribution in [3.63, 3.8) is 0 Å². The fraction of sp³-hybridized carbons (Fsp3) is 0.667. The van der Waals surface area contributed by atoms with Crippen molar-refractivity contribution in [2.45, 2.75) is 64.9 Å². The van der Waals surface area contributed by atoms with Crippen molar-refractivity contribution < 1.29 is 4.74 Å². The third-order valence-corrected chi connectivity index (χ3v) is 4.35. The molecular formula is C18H31NOS. The first-order chi connectivity index (χ1) is 9.83. The number of hydrogen-bond donors (Lipinski definition) is 1. The average Bonchev–Trinajstić information content (AvgIpc) is 2.38. The molecule has 0 spiro atoms. The highest BCUT2D eigenvalue weighted by Gasteiger charge is 2.20. The number of thioether (sulfide) groups is 1. The highest BCUT2D eigenvalue weighted by Crippen LogP contribution is 2.32. The van der Waals surface area contributed by atoms with Gasteiger partial charge in [-0.2, -0.15) is 11.8 Å².